The van der Waals surface area contributed by atoms with Crippen molar-refractivity contribution >= 4 is 5.91 Å². The minimum Gasteiger partial charge on any atom is -0.383 e. The second-order valence-electron chi connectivity index (χ2n) is 5.63. The maximum Gasteiger partial charge on any atom is 0.223 e. The Morgan fingerprint density at radius 1 is 1.48 bits per heavy atom. The second kappa shape index (κ2) is 7.04. The molecular formula is C15H25N3O3. The van der Waals surface area contributed by atoms with E-state index >= 15 is 0 Å². The van der Waals surface area contributed by atoms with Gasteiger partial charge < -0.3 is 14.4 Å². The molecule has 1 amide bonds. The molecule has 1 fully saturated rings. The first-order valence-electron chi connectivity index (χ1n) is 7.35. The van der Waals surface area contributed by atoms with Gasteiger partial charge in [0.2, 0.25) is 5.91 Å². The normalized spacial score (nSPS) is 22.0. The molecule has 0 saturated carbocycles. The van der Waals surface area contributed by atoms with E-state index in [1.807, 2.05) is 29.7 Å². The summed E-state index contributed by atoms with van der Waals surface area (Å²) in [6.45, 7) is 3.25. The summed E-state index contributed by atoms with van der Waals surface area (Å²) in [7, 11) is 5.28. The van der Waals surface area contributed by atoms with E-state index in [1.165, 1.54) is 0 Å². The minimum atomic E-state index is 0.120. The van der Waals surface area contributed by atoms with Gasteiger partial charge in [-0.2, -0.15) is 5.10 Å². The standard InChI is InChI=1S/C15H25N3O3/c1-11-12(8-16-17(11)2)5-6-15(19)18-9-14(21-4)7-13(18)10-20-3/h8,13-14H,5-7,9-10H2,1-4H3/t13-,14+/m0/s1. The number of amides is 1. The lowest BCUT2D eigenvalue weighted by molar-refractivity contribution is -0.133. The van der Waals surface area contributed by atoms with Crippen molar-refractivity contribution in [2.75, 3.05) is 27.4 Å². The van der Waals surface area contributed by atoms with Gasteiger partial charge in [-0.05, 0) is 25.3 Å². The molecule has 0 radical (unpaired) electrons. The Labute approximate surface area is 126 Å². The Bertz CT molecular complexity index is 487. The molecule has 0 spiro atoms. The van der Waals surface area contributed by atoms with Gasteiger partial charge >= 0.3 is 0 Å². The van der Waals surface area contributed by atoms with Gasteiger partial charge in [0, 0.05) is 39.9 Å². The molecule has 21 heavy (non-hydrogen) atoms. The zero-order chi connectivity index (χ0) is 15.4. The van der Waals surface area contributed by atoms with Gasteiger partial charge in [-0.15, -0.1) is 0 Å². The summed E-state index contributed by atoms with van der Waals surface area (Å²) in [6, 6.07) is 0.127. The monoisotopic (exact) mass is 295 g/mol. The fraction of sp³-hybridized carbons (Fsp3) is 0.733. The number of aromatic nitrogens is 2. The molecule has 0 aromatic carbocycles. The van der Waals surface area contributed by atoms with Gasteiger partial charge in [0.05, 0.1) is 24.9 Å². The average Bonchev–Trinajstić information content (AvgIpc) is 3.02. The summed E-state index contributed by atoms with van der Waals surface area (Å²) >= 11 is 0. The third kappa shape index (κ3) is 3.63. The third-order valence-electron chi connectivity index (χ3n) is 4.33. The van der Waals surface area contributed by atoms with Crippen LogP contribution in [-0.2, 0) is 27.7 Å². The lowest BCUT2D eigenvalue weighted by Gasteiger charge is -2.23. The van der Waals surface area contributed by atoms with E-state index in [4.69, 9.17) is 9.47 Å². The van der Waals surface area contributed by atoms with E-state index in [2.05, 4.69) is 5.10 Å². The van der Waals surface area contributed by atoms with E-state index in [9.17, 15) is 4.79 Å². The molecule has 2 rings (SSSR count). The first kappa shape index (κ1) is 16.0. The highest BCUT2D eigenvalue weighted by Crippen LogP contribution is 2.22. The van der Waals surface area contributed by atoms with Crippen molar-refractivity contribution in [3.63, 3.8) is 0 Å². The van der Waals surface area contributed by atoms with Crippen LogP contribution in [0.5, 0.6) is 0 Å². The first-order valence-corrected chi connectivity index (χ1v) is 7.35. The number of hydrogen-bond donors (Lipinski definition) is 0. The molecule has 2 atom stereocenters. The predicted molar refractivity (Wildman–Crippen MR) is 79.1 cm³/mol. The van der Waals surface area contributed by atoms with Crippen LogP contribution < -0.4 is 0 Å². The summed E-state index contributed by atoms with van der Waals surface area (Å²) in [6.07, 6.45) is 4.04. The van der Waals surface area contributed by atoms with Crippen molar-refractivity contribution in [3.8, 4) is 0 Å². The summed E-state index contributed by atoms with van der Waals surface area (Å²) in [5, 5.41) is 4.21. The van der Waals surface area contributed by atoms with Crippen LogP contribution in [0.4, 0.5) is 0 Å². The van der Waals surface area contributed by atoms with Crippen molar-refractivity contribution in [1.29, 1.82) is 0 Å². The number of carbonyl (C=O) groups is 1. The SMILES string of the molecule is COC[C@@H]1C[C@@H](OC)CN1C(=O)CCc1cnn(C)c1C. The number of carbonyl (C=O) groups excluding carboxylic acids is 1. The van der Waals surface area contributed by atoms with Crippen LogP contribution in [0.25, 0.3) is 0 Å². The first-order chi connectivity index (χ1) is 10.1. The zero-order valence-corrected chi connectivity index (χ0v) is 13.3. The molecule has 1 aromatic heterocycles. The molecule has 2 heterocycles. The Balaban J connectivity index is 1.93. The predicted octanol–water partition coefficient (Wildman–Crippen LogP) is 0.923. The number of rotatable bonds is 6. The number of nitrogens with zero attached hydrogens (tertiary/aromatic N) is 3. The van der Waals surface area contributed by atoms with Crippen LogP contribution in [0.2, 0.25) is 0 Å². The molecule has 118 valence electrons. The van der Waals surface area contributed by atoms with E-state index < -0.39 is 0 Å². The third-order valence-corrected chi connectivity index (χ3v) is 4.33. The second-order valence-corrected chi connectivity index (χ2v) is 5.63. The number of aryl methyl sites for hydroxylation is 2. The lowest BCUT2D eigenvalue weighted by Crippen LogP contribution is -2.38. The highest BCUT2D eigenvalue weighted by Gasteiger charge is 2.34. The zero-order valence-electron chi connectivity index (χ0n) is 13.3. The largest absolute Gasteiger partial charge is 0.383 e. The number of likely N-dealkylation sites (tertiary alicyclic amines) is 1. The van der Waals surface area contributed by atoms with Crippen molar-refractivity contribution in [1.82, 2.24) is 14.7 Å². The number of hydrogen-bond acceptors (Lipinski definition) is 4. The van der Waals surface area contributed by atoms with Gasteiger partial charge in [-0.25, -0.2) is 0 Å². The quantitative estimate of drug-likeness (QED) is 0.783. The van der Waals surface area contributed by atoms with Gasteiger partial charge in [-0.3, -0.25) is 9.48 Å². The maximum atomic E-state index is 12.5. The summed E-state index contributed by atoms with van der Waals surface area (Å²) in [4.78, 5) is 14.4. The molecule has 1 aromatic rings. The van der Waals surface area contributed by atoms with E-state index in [-0.39, 0.29) is 18.1 Å². The van der Waals surface area contributed by atoms with Crippen molar-refractivity contribution in [2.45, 2.75) is 38.3 Å². The van der Waals surface area contributed by atoms with Crippen LogP contribution in [-0.4, -0.2) is 60.1 Å². The Hall–Kier alpha value is -1.40. The van der Waals surface area contributed by atoms with Gasteiger partial charge in [-0.1, -0.05) is 0 Å². The Morgan fingerprint density at radius 2 is 2.24 bits per heavy atom. The van der Waals surface area contributed by atoms with Gasteiger partial charge in [0.25, 0.3) is 0 Å². The molecule has 1 aliphatic heterocycles. The Kier molecular flexibility index (Phi) is 5.36. The molecule has 0 N–H and O–H groups in total. The Morgan fingerprint density at radius 3 is 2.81 bits per heavy atom. The fourth-order valence-electron chi connectivity index (χ4n) is 2.88. The number of methoxy groups -OCH3 is 2. The van der Waals surface area contributed by atoms with Crippen LogP contribution in [0.15, 0.2) is 6.20 Å². The van der Waals surface area contributed by atoms with Crippen LogP contribution >= 0.6 is 0 Å². The van der Waals surface area contributed by atoms with E-state index in [1.54, 1.807) is 14.2 Å². The molecular weight excluding hydrogens is 270 g/mol. The van der Waals surface area contributed by atoms with Crippen molar-refractivity contribution < 1.29 is 14.3 Å². The van der Waals surface area contributed by atoms with Crippen LogP contribution in [0.1, 0.15) is 24.1 Å². The number of ether oxygens (including phenoxy) is 2. The van der Waals surface area contributed by atoms with E-state index in [0.717, 1.165) is 24.1 Å². The van der Waals surface area contributed by atoms with Crippen LogP contribution in [0, 0.1) is 6.92 Å². The van der Waals surface area contributed by atoms with Gasteiger partial charge in [0.15, 0.2) is 0 Å². The maximum absolute atomic E-state index is 12.5. The van der Waals surface area contributed by atoms with Crippen molar-refractivity contribution in [3.05, 3.63) is 17.5 Å². The molecule has 0 aliphatic carbocycles. The molecule has 1 saturated heterocycles. The molecule has 0 bridgehead atoms. The summed E-state index contributed by atoms with van der Waals surface area (Å²) in [5.41, 5.74) is 2.25. The molecule has 6 heteroatoms. The molecule has 1 aliphatic rings. The highest BCUT2D eigenvalue weighted by atomic mass is 16.5. The van der Waals surface area contributed by atoms with Crippen molar-refractivity contribution in [2.24, 2.45) is 7.05 Å². The summed E-state index contributed by atoms with van der Waals surface area (Å²) < 4.78 is 12.4. The molecule has 6 nitrogen and oxygen atoms in total. The molecule has 0 unspecified atom stereocenters. The average molecular weight is 295 g/mol. The highest BCUT2D eigenvalue weighted by molar-refractivity contribution is 5.77. The lowest BCUT2D eigenvalue weighted by atomic mass is 10.1. The topological polar surface area (TPSA) is 56.6 Å². The van der Waals surface area contributed by atoms with Crippen LogP contribution in [0.3, 0.4) is 0 Å². The summed E-state index contributed by atoms with van der Waals surface area (Å²) in [5.74, 6) is 0.167. The minimum absolute atomic E-state index is 0.120. The fourth-order valence-corrected chi connectivity index (χ4v) is 2.88. The van der Waals surface area contributed by atoms with Gasteiger partial charge in [0.1, 0.15) is 0 Å². The van der Waals surface area contributed by atoms with E-state index in [0.29, 0.717) is 19.6 Å². The smallest absolute Gasteiger partial charge is 0.223 e.